The molecule has 1 aliphatic rings. The number of halogens is 2. The molecule has 0 saturated heterocycles. The molecule has 0 aliphatic heterocycles. The van der Waals surface area contributed by atoms with Gasteiger partial charge in [0.15, 0.2) is 0 Å². The number of hydrogen-bond acceptors (Lipinski definition) is 0. The Bertz CT molecular complexity index is 68.8. The van der Waals surface area contributed by atoms with Gasteiger partial charge < -0.3 is 0 Å². The van der Waals surface area contributed by atoms with Crippen molar-refractivity contribution >= 4 is 29.6 Å². The van der Waals surface area contributed by atoms with Gasteiger partial charge in [0.1, 0.15) is 0 Å². The zero-order valence-electron chi connectivity index (χ0n) is 4.66. The van der Waals surface area contributed by atoms with Crippen LogP contribution in [0.25, 0.3) is 0 Å². The van der Waals surface area contributed by atoms with E-state index in [9.17, 15) is 0 Å². The molecular weight excluding hydrogens is 159 g/mol. The van der Waals surface area contributed by atoms with E-state index in [2.05, 4.69) is 0 Å². The van der Waals surface area contributed by atoms with Crippen molar-refractivity contribution in [3.05, 3.63) is 0 Å². The van der Waals surface area contributed by atoms with Gasteiger partial charge in [0.05, 0.1) is 0 Å². The first kappa shape index (κ1) is 6.91. The molecule has 1 radical (unpaired) electrons. The lowest BCUT2D eigenvalue weighted by molar-refractivity contribution is 0.872. The van der Waals surface area contributed by atoms with Gasteiger partial charge in [-0.25, -0.2) is 0 Å². The Balaban J connectivity index is 2.24. The molecule has 0 aromatic rings. The standard InChI is InChI=1S/C5H9Cl2Si/c6-8(7)5-3-1-2-4-5/h5H,1-4H2. The Morgan fingerprint density at radius 2 is 1.62 bits per heavy atom. The van der Waals surface area contributed by atoms with Crippen molar-refractivity contribution in [2.75, 3.05) is 0 Å². The molecule has 0 aromatic heterocycles. The van der Waals surface area contributed by atoms with Gasteiger partial charge in [-0.05, 0) is 5.54 Å². The van der Waals surface area contributed by atoms with E-state index in [0.29, 0.717) is 5.54 Å². The van der Waals surface area contributed by atoms with Crippen LogP contribution in [0.1, 0.15) is 25.7 Å². The predicted molar refractivity (Wildman–Crippen MR) is 39.7 cm³/mol. The van der Waals surface area contributed by atoms with Crippen LogP contribution >= 0.6 is 22.2 Å². The summed E-state index contributed by atoms with van der Waals surface area (Å²) in [6.45, 7) is 0. The van der Waals surface area contributed by atoms with Crippen molar-refractivity contribution in [3.63, 3.8) is 0 Å². The van der Waals surface area contributed by atoms with Gasteiger partial charge in [-0.1, -0.05) is 25.7 Å². The van der Waals surface area contributed by atoms with E-state index >= 15 is 0 Å². The first-order chi connectivity index (χ1) is 3.80. The lowest BCUT2D eigenvalue weighted by Gasteiger charge is -2.03. The van der Waals surface area contributed by atoms with Crippen molar-refractivity contribution < 1.29 is 0 Å². The molecule has 1 aliphatic carbocycles. The lowest BCUT2D eigenvalue weighted by Crippen LogP contribution is -2.01. The first-order valence-electron chi connectivity index (χ1n) is 2.98. The monoisotopic (exact) mass is 167 g/mol. The second-order valence-electron chi connectivity index (χ2n) is 2.27. The fourth-order valence-corrected chi connectivity index (χ4v) is 3.30. The van der Waals surface area contributed by atoms with Crippen LogP contribution < -0.4 is 0 Å². The predicted octanol–water partition coefficient (Wildman–Crippen LogP) is 2.90. The van der Waals surface area contributed by atoms with Crippen LogP contribution in [0, 0.1) is 0 Å². The molecule has 0 nitrogen and oxygen atoms in total. The Morgan fingerprint density at radius 3 is 1.88 bits per heavy atom. The average molecular weight is 168 g/mol. The van der Waals surface area contributed by atoms with Gasteiger partial charge in [-0.2, -0.15) is 0 Å². The van der Waals surface area contributed by atoms with Gasteiger partial charge in [0.25, 0.3) is 7.42 Å². The van der Waals surface area contributed by atoms with Crippen molar-refractivity contribution in [2.45, 2.75) is 31.2 Å². The van der Waals surface area contributed by atoms with Crippen molar-refractivity contribution in [1.29, 1.82) is 0 Å². The van der Waals surface area contributed by atoms with Crippen LogP contribution in [0.2, 0.25) is 5.54 Å². The van der Waals surface area contributed by atoms with Gasteiger partial charge in [-0.15, -0.1) is 22.2 Å². The molecule has 0 amide bonds. The second-order valence-corrected chi connectivity index (χ2v) is 6.69. The summed E-state index contributed by atoms with van der Waals surface area (Å²) in [5.74, 6) is 0. The molecule has 47 valence electrons. The van der Waals surface area contributed by atoms with E-state index in [-0.39, 0.29) is 0 Å². The van der Waals surface area contributed by atoms with Crippen LogP contribution in [0.3, 0.4) is 0 Å². The van der Waals surface area contributed by atoms with E-state index in [1.54, 1.807) is 0 Å². The molecule has 3 heteroatoms. The molecule has 1 rings (SSSR count). The highest BCUT2D eigenvalue weighted by molar-refractivity contribution is 7.34. The quantitative estimate of drug-likeness (QED) is 0.417. The highest BCUT2D eigenvalue weighted by Crippen LogP contribution is 2.35. The van der Waals surface area contributed by atoms with Crippen molar-refractivity contribution in [3.8, 4) is 0 Å². The third kappa shape index (κ3) is 1.64. The third-order valence-corrected chi connectivity index (χ3v) is 4.71. The zero-order valence-corrected chi connectivity index (χ0v) is 7.17. The summed E-state index contributed by atoms with van der Waals surface area (Å²) in [6.07, 6.45) is 5.25. The molecular formula is C5H9Cl2Si. The van der Waals surface area contributed by atoms with Crippen LogP contribution in [0.4, 0.5) is 0 Å². The minimum atomic E-state index is -0.968. The largest absolute Gasteiger partial charge is 0.277 e. The number of rotatable bonds is 1. The van der Waals surface area contributed by atoms with Gasteiger partial charge in [0, 0.05) is 0 Å². The molecule has 1 fully saturated rings. The van der Waals surface area contributed by atoms with Crippen LogP contribution in [0.15, 0.2) is 0 Å². The highest BCUT2D eigenvalue weighted by Gasteiger charge is 2.23. The summed E-state index contributed by atoms with van der Waals surface area (Å²) in [5, 5.41) is 0. The third-order valence-electron chi connectivity index (χ3n) is 1.66. The molecule has 0 aromatic carbocycles. The molecule has 0 heterocycles. The SMILES string of the molecule is Cl[Si](Cl)C1CCCC1. The fourth-order valence-electron chi connectivity index (χ4n) is 1.14. The minimum absolute atomic E-state index is 0.698. The summed E-state index contributed by atoms with van der Waals surface area (Å²) in [6, 6.07) is 0. The molecule has 0 bridgehead atoms. The molecule has 0 N–H and O–H groups in total. The Kier molecular flexibility index (Phi) is 2.67. The minimum Gasteiger partial charge on any atom is -0.146 e. The van der Waals surface area contributed by atoms with E-state index in [0.717, 1.165) is 0 Å². The second kappa shape index (κ2) is 3.09. The van der Waals surface area contributed by atoms with E-state index < -0.39 is 7.42 Å². The van der Waals surface area contributed by atoms with E-state index in [4.69, 9.17) is 22.2 Å². The summed E-state index contributed by atoms with van der Waals surface area (Å²) >= 11 is 11.5. The van der Waals surface area contributed by atoms with Gasteiger partial charge in [0.2, 0.25) is 0 Å². The van der Waals surface area contributed by atoms with Crippen LogP contribution in [-0.2, 0) is 0 Å². The van der Waals surface area contributed by atoms with Gasteiger partial charge >= 0.3 is 0 Å². The normalized spacial score (nSPS) is 22.9. The average Bonchev–Trinajstić information content (AvgIpc) is 2.12. The summed E-state index contributed by atoms with van der Waals surface area (Å²) in [7, 11) is -0.968. The Hall–Kier alpha value is 0.797. The van der Waals surface area contributed by atoms with Gasteiger partial charge in [-0.3, -0.25) is 0 Å². The number of hydrogen-bond donors (Lipinski definition) is 0. The Morgan fingerprint density at radius 1 is 1.12 bits per heavy atom. The maximum absolute atomic E-state index is 5.75. The first-order valence-corrected chi connectivity index (χ1v) is 6.58. The topological polar surface area (TPSA) is 0 Å². The molecule has 0 atom stereocenters. The Labute approximate surface area is 61.2 Å². The lowest BCUT2D eigenvalue weighted by atomic mass is 10.4. The van der Waals surface area contributed by atoms with Crippen molar-refractivity contribution in [2.24, 2.45) is 0 Å². The molecule has 0 spiro atoms. The van der Waals surface area contributed by atoms with Crippen molar-refractivity contribution in [1.82, 2.24) is 0 Å². The van der Waals surface area contributed by atoms with E-state index in [1.165, 1.54) is 25.7 Å². The van der Waals surface area contributed by atoms with Crippen LogP contribution in [0.5, 0.6) is 0 Å². The summed E-state index contributed by atoms with van der Waals surface area (Å²) < 4.78 is 0. The molecule has 8 heavy (non-hydrogen) atoms. The summed E-state index contributed by atoms with van der Waals surface area (Å²) in [5.41, 5.74) is 0.698. The van der Waals surface area contributed by atoms with Crippen LogP contribution in [-0.4, -0.2) is 7.42 Å². The zero-order chi connectivity index (χ0) is 5.98. The summed E-state index contributed by atoms with van der Waals surface area (Å²) in [4.78, 5) is 0. The highest BCUT2D eigenvalue weighted by atomic mass is 35.7. The maximum atomic E-state index is 5.75. The molecule has 0 unspecified atom stereocenters. The smallest absolute Gasteiger partial charge is 0.146 e. The maximum Gasteiger partial charge on any atom is 0.277 e. The molecule has 1 saturated carbocycles. The fraction of sp³-hybridized carbons (Fsp3) is 1.00. The van der Waals surface area contributed by atoms with E-state index in [1.807, 2.05) is 0 Å².